The Kier molecular flexibility index (Phi) is 4.91. The Labute approximate surface area is 114 Å². The third kappa shape index (κ3) is 4.03. The van der Waals surface area contributed by atoms with E-state index in [2.05, 4.69) is 11.8 Å². The normalized spacial score (nSPS) is 17.3. The molecule has 0 radical (unpaired) electrons. The van der Waals surface area contributed by atoms with E-state index in [0.717, 1.165) is 44.7 Å². The zero-order valence-corrected chi connectivity index (χ0v) is 11.4. The summed E-state index contributed by atoms with van der Waals surface area (Å²) < 4.78 is 12.8. The van der Waals surface area contributed by atoms with Crippen LogP contribution in [-0.4, -0.2) is 48.4 Å². The number of likely N-dealkylation sites (N-methyl/N-ethyl adjacent to an activating group) is 1. The first kappa shape index (κ1) is 14.0. The highest BCUT2D eigenvalue weighted by molar-refractivity contribution is 5.78. The molecule has 0 atom stereocenters. The van der Waals surface area contributed by atoms with Crippen molar-refractivity contribution in [3.05, 3.63) is 35.6 Å². The largest absolute Gasteiger partial charge is 0.341 e. The van der Waals surface area contributed by atoms with E-state index in [1.54, 1.807) is 12.1 Å². The van der Waals surface area contributed by atoms with Crippen LogP contribution in [0.4, 0.5) is 4.39 Å². The molecule has 0 spiro atoms. The van der Waals surface area contributed by atoms with Crippen LogP contribution < -0.4 is 0 Å². The van der Waals surface area contributed by atoms with Gasteiger partial charge in [-0.15, -0.1) is 0 Å². The molecule has 1 aromatic rings. The molecule has 19 heavy (non-hydrogen) atoms. The van der Waals surface area contributed by atoms with Crippen LogP contribution >= 0.6 is 0 Å². The molecule has 0 aromatic heterocycles. The van der Waals surface area contributed by atoms with Crippen molar-refractivity contribution in [3.8, 4) is 0 Å². The molecule has 0 unspecified atom stereocenters. The van der Waals surface area contributed by atoms with Gasteiger partial charge in [0.15, 0.2) is 0 Å². The molecule has 0 aliphatic carbocycles. The van der Waals surface area contributed by atoms with Gasteiger partial charge in [0, 0.05) is 19.6 Å². The van der Waals surface area contributed by atoms with Crippen molar-refractivity contribution in [2.75, 3.05) is 32.7 Å². The third-order valence-electron chi connectivity index (χ3n) is 3.66. The van der Waals surface area contributed by atoms with E-state index in [9.17, 15) is 9.18 Å². The zero-order chi connectivity index (χ0) is 13.7. The van der Waals surface area contributed by atoms with Gasteiger partial charge in [0.25, 0.3) is 0 Å². The van der Waals surface area contributed by atoms with Crippen molar-refractivity contribution in [1.82, 2.24) is 9.80 Å². The highest BCUT2D eigenvalue weighted by atomic mass is 19.1. The number of carbonyl (C=O) groups is 1. The summed E-state index contributed by atoms with van der Waals surface area (Å²) in [5.74, 6) is -0.117. The second-order valence-electron chi connectivity index (χ2n) is 4.97. The summed E-state index contributed by atoms with van der Waals surface area (Å²) in [6.45, 7) is 6.84. The summed E-state index contributed by atoms with van der Waals surface area (Å²) in [5.41, 5.74) is 0.878. The Hall–Kier alpha value is -1.42. The molecule has 1 aliphatic rings. The van der Waals surface area contributed by atoms with E-state index in [-0.39, 0.29) is 11.7 Å². The number of hydrogen-bond acceptors (Lipinski definition) is 2. The zero-order valence-electron chi connectivity index (χ0n) is 11.4. The predicted octanol–water partition coefficient (Wildman–Crippen LogP) is 1.92. The minimum absolute atomic E-state index is 0.143. The maximum atomic E-state index is 12.8. The van der Waals surface area contributed by atoms with Gasteiger partial charge in [-0.25, -0.2) is 4.39 Å². The second-order valence-corrected chi connectivity index (χ2v) is 4.97. The summed E-state index contributed by atoms with van der Waals surface area (Å²) in [5, 5.41) is 0. The molecule has 1 saturated heterocycles. The van der Waals surface area contributed by atoms with Crippen LogP contribution in [0.15, 0.2) is 24.3 Å². The molecule has 1 amide bonds. The molecule has 1 aliphatic heterocycles. The molecule has 104 valence electrons. The lowest BCUT2D eigenvalue weighted by atomic mass is 10.1. The summed E-state index contributed by atoms with van der Waals surface area (Å²) in [6.07, 6.45) is 1.40. The monoisotopic (exact) mass is 264 g/mol. The predicted molar refractivity (Wildman–Crippen MR) is 73.4 cm³/mol. The first-order chi connectivity index (χ1) is 9.19. The van der Waals surface area contributed by atoms with Crippen LogP contribution in [-0.2, 0) is 11.2 Å². The maximum Gasteiger partial charge on any atom is 0.227 e. The van der Waals surface area contributed by atoms with Crippen molar-refractivity contribution in [1.29, 1.82) is 0 Å². The van der Waals surface area contributed by atoms with Crippen molar-refractivity contribution >= 4 is 5.91 Å². The van der Waals surface area contributed by atoms with Crippen LogP contribution in [0.2, 0.25) is 0 Å². The summed E-state index contributed by atoms with van der Waals surface area (Å²) in [6, 6.07) is 6.18. The van der Waals surface area contributed by atoms with Crippen LogP contribution in [0.5, 0.6) is 0 Å². The Morgan fingerprint density at radius 3 is 2.58 bits per heavy atom. The first-order valence-electron chi connectivity index (χ1n) is 6.93. The van der Waals surface area contributed by atoms with E-state index in [4.69, 9.17) is 0 Å². The average molecular weight is 264 g/mol. The van der Waals surface area contributed by atoms with Gasteiger partial charge in [-0.2, -0.15) is 0 Å². The topological polar surface area (TPSA) is 23.6 Å². The Balaban J connectivity index is 1.90. The maximum absolute atomic E-state index is 12.8. The van der Waals surface area contributed by atoms with Crippen LogP contribution in [0, 0.1) is 5.82 Å². The van der Waals surface area contributed by atoms with E-state index < -0.39 is 0 Å². The highest BCUT2D eigenvalue weighted by Gasteiger charge is 2.18. The minimum atomic E-state index is -0.260. The van der Waals surface area contributed by atoms with Gasteiger partial charge in [0.1, 0.15) is 5.82 Å². The molecule has 0 bridgehead atoms. The SMILES string of the molecule is CCN1CCCN(C(=O)Cc2ccc(F)cc2)CC1. The van der Waals surface area contributed by atoms with Gasteiger partial charge in [0.05, 0.1) is 6.42 Å². The molecular weight excluding hydrogens is 243 g/mol. The van der Waals surface area contributed by atoms with Gasteiger partial charge >= 0.3 is 0 Å². The average Bonchev–Trinajstić information content (AvgIpc) is 2.66. The second kappa shape index (κ2) is 6.66. The van der Waals surface area contributed by atoms with Gasteiger partial charge in [-0.05, 0) is 37.2 Å². The lowest BCUT2D eigenvalue weighted by molar-refractivity contribution is -0.130. The number of carbonyl (C=O) groups excluding carboxylic acids is 1. The summed E-state index contributed by atoms with van der Waals surface area (Å²) in [7, 11) is 0. The fourth-order valence-electron chi connectivity index (χ4n) is 2.43. The summed E-state index contributed by atoms with van der Waals surface area (Å²) >= 11 is 0. The Bertz CT molecular complexity index is 419. The highest BCUT2D eigenvalue weighted by Crippen LogP contribution is 2.08. The fraction of sp³-hybridized carbons (Fsp3) is 0.533. The van der Waals surface area contributed by atoms with Crippen molar-refractivity contribution in [2.24, 2.45) is 0 Å². The van der Waals surface area contributed by atoms with Crippen LogP contribution in [0.1, 0.15) is 18.9 Å². The summed E-state index contributed by atoms with van der Waals surface area (Å²) in [4.78, 5) is 16.5. The smallest absolute Gasteiger partial charge is 0.227 e. The number of rotatable bonds is 3. The number of amides is 1. The number of benzene rings is 1. The van der Waals surface area contributed by atoms with Crippen LogP contribution in [0.25, 0.3) is 0 Å². The molecule has 1 heterocycles. The van der Waals surface area contributed by atoms with Crippen molar-refractivity contribution in [2.45, 2.75) is 19.8 Å². The Morgan fingerprint density at radius 1 is 1.16 bits per heavy atom. The molecular formula is C15H21FN2O. The molecule has 2 rings (SSSR count). The number of nitrogens with zero attached hydrogens (tertiary/aromatic N) is 2. The van der Waals surface area contributed by atoms with Crippen molar-refractivity contribution in [3.63, 3.8) is 0 Å². The van der Waals surface area contributed by atoms with Gasteiger partial charge in [-0.3, -0.25) is 4.79 Å². The molecule has 1 aromatic carbocycles. The quantitative estimate of drug-likeness (QED) is 0.833. The third-order valence-corrected chi connectivity index (χ3v) is 3.66. The van der Waals surface area contributed by atoms with E-state index in [1.165, 1.54) is 12.1 Å². The van der Waals surface area contributed by atoms with E-state index in [1.807, 2.05) is 4.90 Å². The number of hydrogen-bond donors (Lipinski definition) is 0. The molecule has 4 heteroatoms. The van der Waals surface area contributed by atoms with E-state index >= 15 is 0 Å². The van der Waals surface area contributed by atoms with Gasteiger partial charge in [0.2, 0.25) is 5.91 Å². The Morgan fingerprint density at radius 2 is 1.89 bits per heavy atom. The fourth-order valence-corrected chi connectivity index (χ4v) is 2.43. The van der Waals surface area contributed by atoms with Gasteiger partial charge < -0.3 is 9.80 Å². The first-order valence-corrected chi connectivity index (χ1v) is 6.93. The van der Waals surface area contributed by atoms with Gasteiger partial charge in [-0.1, -0.05) is 19.1 Å². The molecule has 0 saturated carbocycles. The lowest BCUT2D eigenvalue weighted by Gasteiger charge is -2.21. The number of halogens is 1. The van der Waals surface area contributed by atoms with Crippen molar-refractivity contribution < 1.29 is 9.18 Å². The minimum Gasteiger partial charge on any atom is -0.341 e. The molecule has 1 fully saturated rings. The molecule has 3 nitrogen and oxygen atoms in total. The standard InChI is InChI=1S/C15H21FN2O/c1-2-17-8-3-9-18(11-10-17)15(19)12-13-4-6-14(16)7-5-13/h4-7H,2-3,8-12H2,1H3. The van der Waals surface area contributed by atoms with Crippen LogP contribution in [0.3, 0.4) is 0 Å². The van der Waals surface area contributed by atoms with E-state index in [0.29, 0.717) is 6.42 Å². The lowest BCUT2D eigenvalue weighted by Crippen LogP contribution is -2.36. The molecule has 0 N–H and O–H groups in total.